The molecule has 124 valence electrons. The van der Waals surface area contributed by atoms with Gasteiger partial charge in [0.1, 0.15) is 6.04 Å². The minimum Gasteiger partial charge on any atom is -0.465 e. The van der Waals surface area contributed by atoms with E-state index in [1.807, 2.05) is 61.7 Å². The molecule has 24 heavy (non-hydrogen) atoms. The summed E-state index contributed by atoms with van der Waals surface area (Å²) in [4.78, 5) is 15.6. The lowest BCUT2D eigenvalue weighted by molar-refractivity contribution is -0.145. The number of rotatable bonds is 7. The van der Waals surface area contributed by atoms with Crippen molar-refractivity contribution >= 4 is 16.9 Å². The maximum absolute atomic E-state index is 12.3. The number of esters is 1. The molecule has 0 spiro atoms. The van der Waals surface area contributed by atoms with Crippen LogP contribution in [0.25, 0.3) is 10.9 Å². The Morgan fingerprint density at radius 2 is 1.88 bits per heavy atom. The number of H-pyrrole nitrogens is 1. The van der Waals surface area contributed by atoms with E-state index in [0.717, 1.165) is 22.0 Å². The van der Waals surface area contributed by atoms with Gasteiger partial charge in [0.05, 0.1) is 6.61 Å². The average molecular weight is 322 g/mol. The third kappa shape index (κ3) is 3.84. The fraction of sp³-hybridized carbons (Fsp3) is 0.250. The lowest BCUT2D eigenvalue weighted by atomic mass is 10.0. The molecule has 2 aromatic carbocycles. The number of nitrogens with one attached hydrogen (secondary N) is 2. The monoisotopic (exact) mass is 322 g/mol. The van der Waals surface area contributed by atoms with E-state index in [1.165, 1.54) is 0 Å². The Morgan fingerprint density at radius 3 is 2.67 bits per heavy atom. The molecule has 0 aliphatic heterocycles. The van der Waals surface area contributed by atoms with Crippen LogP contribution in [0.2, 0.25) is 0 Å². The van der Waals surface area contributed by atoms with Crippen LogP contribution in [0.1, 0.15) is 18.1 Å². The number of hydrogen-bond donors (Lipinski definition) is 2. The van der Waals surface area contributed by atoms with E-state index in [1.54, 1.807) is 0 Å². The Hall–Kier alpha value is -2.59. The third-order valence-electron chi connectivity index (χ3n) is 4.07. The summed E-state index contributed by atoms with van der Waals surface area (Å²) in [6, 6.07) is 17.8. The first-order valence-electron chi connectivity index (χ1n) is 8.27. The van der Waals surface area contributed by atoms with Crippen LogP contribution in [-0.4, -0.2) is 23.6 Å². The molecule has 1 unspecified atom stereocenters. The van der Waals surface area contributed by atoms with Gasteiger partial charge in [-0.25, -0.2) is 0 Å². The second-order valence-corrected chi connectivity index (χ2v) is 5.73. The van der Waals surface area contributed by atoms with Gasteiger partial charge < -0.3 is 15.0 Å². The number of fused-ring (bicyclic) bond motifs is 1. The highest BCUT2D eigenvalue weighted by Crippen LogP contribution is 2.19. The lowest BCUT2D eigenvalue weighted by Crippen LogP contribution is -2.39. The first kappa shape index (κ1) is 16.3. The lowest BCUT2D eigenvalue weighted by Gasteiger charge is -2.17. The van der Waals surface area contributed by atoms with Crippen molar-refractivity contribution in [2.75, 3.05) is 6.61 Å². The molecule has 0 radical (unpaired) electrons. The zero-order valence-electron chi connectivity index (χ0n) is 13.8. The zero-order valence-corrected chi connectivity index (χ0v) is 13.8. The summed E-state index contributed by atoms with van der Waals surface area (Å²) in [5, 5.41) is 4.48. The summed E-state index contributed by atoms with van der Waals surface area (Å²) < 4.78 is 5.24. The molecule has 0 fully saturated rings. The highest BCUT2D eigenvalue weighted by Gasteiger charge is 2.21. The van der Waals surface area contributed by atoms with Gasteiger partial charge in [-0.1, -0.05) is 48.5 Å². The quantitative estimate of drug-likeness (QED) is 0.655. The van der Waals surface area contributed by atoms with Gasteiger partial charge in [-0.05, 0) is 24.1 Å². The fourth-order valence-corrected chi connectivity index (χ4v) is 2.84. The molecule has 0 bridgehead atoms. The molecule has 3 aromatic rings. The van der Waals surface area contributed by atoms with Crippen LogP contribution in [0.15, 0.2) is 60.8 Å². The number of benzene rings is 2. The maximum atomic E-state index is 12.3. The molecule has 4 nitrogen and oxygen atoms in total. The van der Waals surface area contributed by atoms with E-state index < -0.39 is 0 Å². The van der Waals surface area contributed by atoms with Gasteiger partial charge in [-0.3, -0.25) is 4.79 Å². The Balaban J connectivity index is 1.75. The van der Waals surface area contributed by atoms with Crippen LogP contribution in [0, 0.1) is 0 Å². The van der Waals surface area contributed by atoms with Gasteiger partial charge in [0.25, 0.3) is 0 Å². The zero-order chi connectivity index (χ0) is 16.8. The molecule has 0 aliphatic rings. The van der Waals surface area contributed by atoms with Crippen molar-refractivity contribution < 1.29 is 9.53 Å². The summed E-state index contributed by atoms with van der Waals surface area (Å²) >= 11 is 0. The summed E-state index contributed by atoms with van der Waals surface area (Å²) in [5.74, 6) is -0.210. The Kier molecular flexibility index (Phi) is 5.29. The van der Waals surface area contributed by atoms with Gasteiger partial charge in [0.15, 0.2) is 0 Å². The highest BCUT2D eigenvalue weighted by molar-refractivity contribution is 5.84. The summed E-state index contributed by atoms with van der Waals surface area (Å²) in [6.45, 7) is 2.85. The molecule has 1 aromatic heterocycles. The van der Waals surface area contributed by atoms with Crippen LogP contribution in [0.3, 0.4) is 0 Å². The second kappa shape index (κ2) is 7.79. The van der Waals surface area contributed by atoms with Crippen molar-refractivity contribution in [3.05, 3.63) is 71.9 Å². The summed E-state index contributed by atoms with van der Waals surface area (Å²) in [7, 11) is 0. The predicted octanol–water partition coefficient (Wildman–Crippen LogP) is 3.43. The van der Waals surface area contributed by atoms with Crippen LogP contribution in [-0.2, 0) is 22.5 Å². The first-order valence-corrected chi connectivity index (χ1v) is 8.27. The van der Waals surface area contributed by atoms with Gasteiger partial charge in [0, 0.05) is 30.1 Å². The topological polar surface area (TPSA) is 54.1 Å². The fourth-order valence-electron chi connectivity index (χ4n) is 2.84. The van der Waals surface area contributed by atoms with Gasteiger partial charge in [-0.15, -0.1) is 0 Å². The molecule has 1 atom stereocenters. The summed E-state index contributed by atoms with van der Waals surface area (Å²) in [6.07, 6.45) is 2.57. The standard InChI is InChI=1S/C20H22N2O2/c1-2-24-20(23)19(21-13-15-8-4-3-5-9-15)12-16-14-22-18-11-7-6-10-17(16)18/h3-11,14,19,21-22H,2,12-13H2,1H3. The number of carbonyl (C=O) groups excluding carboxylic acids is 1. The molecule has 0 saturated heterocycles. The second-order valence-electron chi connectivity index (χ2n) is 5.73. The molecular weight excluding hydrogens is 300 g/mol. The number of aromatic nitrogens is 1. The van der Waals surface area contributed by atoms with Crippen LogP contribution in [0.5, 0.6) is 0 Å². The van der Waals surface area contributed by atoms with Crippen molar-refractivity contribution in [3.63, 3.8) is 0 Å². The Labute approximate surface area is 141 Å². The van der Waals surface area contributed by atoms with Crippen LogP contribution in [0.4, 0.5) is 0 Å². The summed E-state index contributed by atoms with van der Waals surface area (Å²) in [5.41, 5.74) is 3.34. The Bertz CT molecular complexity index is 796. The van der Waals surface area contributed by atoms with E-state index in [9.17, 15) is 4.79 Å². The van der Waals surface area contributed by atoms with Gasteiger partial charge in [-0.2, -0.15) is 0 Å². The van der Waals surface area contributed by atoms with Crippen LogP contribution >= 0.6 is 0 Å². The number of hydrogen-bond acceptors (Lipinski definition) is 3. The highest BCUT2D eigenvalue weighted by atomic mass is 16.5. The van der Waals surface area contributed by atoms with Crippen molar-refractivity contribution in [1.82, 2.24) is 10.3 Å². The van der Waals surface area contributed by atoms with Crippen molar-refractivity contribution in [2.24, 2.45) is 0 Å². The molecule has 4 heteroatoms. The maximum Gasteiger partial charge on any atom is 0.323 e. The van der Waals surface area contributed by atoms with E-state index in [4.69, 9.17) is 4.74 Å². The number of ether oxygens (including phenoxy) is 1. The van der Waals surface area contributed by atoms with Crippen LogP contribution < -0.4 is 5.32 Å². The van der Waals surface area contributed by atoms with E-state index in [0.29, 0.717) is 19.6 Å². The van der Waals surface area contributed by atoms with Gasteiger partial charge >= 0.3 is 5.97 Å². The van der Waals surface area contributed by atoms with Crippen molar-refractivity contribution in [2.45, 2.75) is 25.9 Å². The molecule has 1 heterocycles. The predicted molar refractivity (Wildman–Crippen MR) is 95.7 cm³/mol. The van der Waals surface area contributed by atoms with Crippen molar-refractivity contribution in [3.8, 4) is 0 Å². The van der Waals surface area contributed by atoms with E-state index >= 15 is 0 Å². The average Bonchev–Trinajstić information content (AvgIpc) is 3.02. The minimum absolute atomic E-state index is 0.210. The molecule has 0 amide bonds. The smallest absolute Gasteiger partial charge is 0.323 e. The number of aromatic amines is 1. The molecule has 0 aliphatic carbocycles. The van der Waals surface area contributed by atoms with E-state index in [2.05, 4.69) is 16.4 Å². The molecule has 3 rings (SSSR count). The normalized spacial score (nSPS) is 12.2. The molecule has 0 saturated carbocycles. The first-order chi connectivity index (χ1) is 11.8. The Morgan fingerprint density at radius 1 is 1.12 bits per heavy atom. The number of para-hydroxylation sites is 1. The van der Waals surface area contributed by atoms with Crippen molar-refractivity contribution in [1.29, 1.82) is 0 Å². The molecular formula is C20H22N2O2. The minimum atomic E-state index is -0.371. The largest absolute Gasteiger partial charge is 0.465 e. The number of carbonyl (C=O) groups is 1. The van der Waals surface area contributed by atoms with Gasteiger partial charge in [0.2, 0.25) is 0 Å². The third-order valence-corrected chi connectivity index (χ3v) is 4.07. The molecule has 2 N–H and O–H groups in total. The van der Waals surface area contributed by atoms with E-state index in [-0.39, 0.29) is 12.0 Å². The SMILES string of the molecule is CCOC(=O)C(Cc1c[nH]c2ccccc12)NCc1ccccc1.